The predicted octanol–water partition coefficient (Wildman–Crippen LogP) is 2.94. The summed E-state index contributed by atoms with van der Waals surface area (Å²) in [5.41, 5.74) is 14.1. The van der Waals surface area contributed by atoms with E-state index in [0.717, 1.165) is 0 Å². The highest BCUT2D eigenvalue weighted by molar-refractivity contribution is 6.00. The Kier molecular flexibility index (Phi) is 11.7. The predicted molar refractivity (Wildman–Crippen MR) is 241 cm³/mol. The number of carbonyl (C=O) groups is 3. The summed E-state index contributed by atoms with van der Waals surface area (Å²) < 4.78 is 14.5. The SMILES string of the molecule is CNc1cc(Nc2cc(C)c(=O)n(-c3cnn(C)c3)c2)nc2c(C(N)=O)cnn12.Cc1cc(Nc2cc(N(C)C(=O)OC(C)(C)C)n3ncc(C(N)=O)c3n2)cn(-c2cnn(C)c2)c1=O. The summed E-state index contributed by atoms with van der Waals surface area (Å²) in [7, 11) is 6.79. The average molecular weight is 887 g/mol. The van der Waals surface area contributed by atoms with E-state index in [4.69, 9.17) is 16.2 Å². The maximum absolute atomic E-state index is 12.8. The molecular formula is C41H46N18O6. The van der Waals surface area contributed by atoms with Crippen molar-refractivity contribution in [3.8, 4) is 11.4 Å². The van der Waals surface area contributed by atoms with Crippen molar-refractivity contribution in [2.24, 2.45) is 25.6 Å². The van der Waals surface area contributed by atoms with E-state index in [1.165, 1.54) is 42.5 Å². The Morgan fingerprint density at radius 3 is 1.57 bits per heavy atom. The maximum Gasteiger partial charge on any atom is 0.415 e. The second kappa shape index (κ2) is 17.1. The number of pyridine rings is 2. The lowest BCUT2D eigenvalue weighted by molar-refractivity contribution is 0.0587. The first-order valence-electron chi connectivity index (χ1n) is 19.7. The van der Waals surface area contributed by atoms with E-state index in [1.807, 2.05) is 0 Å². The number of rotatable bonds is 10. The number of aryl methyl sites for hydroxylation is 4. The van der Waals surface area contributed by atoms with E-state index in [9.17, 15) is 24.0 Å². The van der Waals surface area contributed by atoms with Crippen LogP contribution < -0.4 is 43.4 Å². The molecule has 336 valence electrons. The number of hydrogen-bond acceptors (Lipinski definition) is 15. The summed E-state index contributed by atoms with van der Waals surface area (Å²) in [5.74, 6) is 0.297. The third-order valence-corrected chi connectivity index (χ3v) is 9.60. The van der Waals surface area contributed by atoms with Gasteiger partial charge in [0.15, 0.2) is 11.3 Å². The van der Waals surface area contributed by atoms with Crippen molar-refractivity contribution in [3.05, 3.63) is 117 Å². The lowest BCUT2D eigenvalue weighted by atomic mass is 10.2. The number of fused-ring (bicyclic) bond motifs is 2. The van der Waals surface area contributed by atoms with Gasteiger partial charge in [-0.3, -0.25) is 42.6 Å². The number of nitrogens with two attached hydrogens (primary N) is 2. The molecule has 24 heteroatoms. The van der Waals surface area contributed by atoms with Crippen LogP contribution in [0.3, 0.4) is 0 Å². The van der Waals surface area contributed by atoms with E-state index in [2.05, 4.69) is 46.3 Å². The van der Waals surface area contributed by atoms with Gasteiger partial charge in [-0.05, 0) is 46.8 Å². The van der Waals surface area contributed by atoms with E-state index in [0.29, 0.717) is 51.2 Å². The number of carbonyl (C=O) groups excluding carboxylic acids is 3. The molecule has 8 aromatic heterocycles. The highest BCUT2D eigenvalue weighted by Crippen LogP contribution is 2.26. The van der Waals surface area contributed by atoms with Gasteiger partial charge in [-0.25, -0.2) is 14.8 Å². The van der Waals surface area contributed by atoms with Crippen LogP contribution in [0.2, 0.25) is 0 Å². The summed E-state index contributed by atoms with van der Waals surface area (Å²) in [6, 6.07) is 6.71. The summed E-state index contributed by atoms with van der Waals surface area (Å²) in [6.07, 6.45) is 12.0. The zero-order valence-corrected chi connectivity index (χ0v) is 36.8. The molecule has 0 aliphatic rings. The molecule has 8 aromatic rings. The summed E-state index contributed by atoms with van der Waals surface area (Å²) in [6.45, 7) is 8.70. The standard InChI is InChI=1S/C23H27N9O4.C18H19N9O2/c1-13-7-14(11-31(21(13)34)15-9-25-29(5)12-15)27-17-8-18(30(6)22(35)36-23(2,3)4)32-20(28-17)16(10-26-32)19(24)33;1-10-4-11(8-26(18(10)29)12-6-21-25(3)9-12)23-14-5-15(20-2)27-17(24-14)13(7-22-27)16(19)28/h7-12H,1-6H3,(H2,24,33)(H,27,28);4-9,20H,1-3H3,(H2,19,28)(H,23,24). The van der Waals surface area contributed by atoms with Crippen LogP contribution in [0.4, 0.5) is 39.4 Å². The van der Waals surface area contributed by atoms with Crippen LogP contribution in [0.5, 0.6) is 0 Å². The Balaban J connectivity index is 0.000000198. The Hall–Kier alpha value is -8.83. The van der Waals surface area contributed by atoms with E-state index < -0.39 is 23.5 Å². The van der Waals surface area contributed by atoms with Crippen molar-refractivity contribution in [1.29, 1.82) is 0 Å². The highest BCUT2D eigenvalue weighted by atomic mass is 16.6. The van der Waals surface area contributed by atoms with Gasteiger partial charge in [-0.15, -0.1) is 0 Å². The fourth-order valence-electron chi connectivity index (χ4n) is 6.55. The van der Waals surface area contributed by atoms with Crippen LogP contribution in [0.15, 0.2) is 83.4 Å². The Bertz CT molecular complexity index is 3270. The molecule has 0 radical (unpaired) electrons. The normalized spacial score (nSPS) is 11.3. The van der Waals surface area contributed by atoms with Gasteiger partial charge in [-0.1, -0.05) is 0 Å². The minimum atomic E-state index is -0.724. The minimum absolute atomic E-state index is 0.0778. The van der Waals surface area contributed by atoms with Crippen molar-refractivity contribution >= 4 is 63.8 Å². The second-order valence-electron chi connectivity index (χ2n) is 15.8. The molecule has 0 fully saturated rings. The van der Waals surface area contributed by atoms with Crippen LogP contribution in [-0.4, -0.2) is 95.5 Å². The minimum Gasteiger partial charge on any atom is -0.443 e. The fourth-order valence-corrected chi connectivity index (χ4v) is 6.55. The van der Waals surface area contributed by atoms with Crippen molar-refractivity contribution < 1.29 is 19.1 Å². The summed E-state index contributed by atoms with van der Waals surface area (Å²) in [4.78, 5) is 71.9. The molecule has 0 spiro atoms. The van der Waals surface area contributed by atoms with Gasteiger partial charge in [0.25, 0.3) is 22.9 Å². The topological polar surface area (TPSA) is 292 Å². The lowest BCUT2D eigenvalue weighted by Gasteiger charge is -2.25. The Morgan fingerprint density at radius 2 is 1.14 bits per heavy atom. The molecule has 0 aliphatic carbocycles. The molecule has 0 aliphatic heterocycles. The first-order chi connectivity index (χ1) is 30.7. The molecule has 0 aromatic carbocycles. The van der Waals surface area contributed by atoms with E-state index in [-0.39, 0.29) is 39.5 Å². The molecule has 7 N–H and O–H groups in total. The van der Waals surface area contributed by atoms with Gasteiger partial charge < -0.3 is 32.2 Å². The van der Waals surface area contributed by atoms with Gasteiger partial charge in [0.1, 0.15) is 40.0 Å². The van der Waals surface area contributed by atoms with Gasteiger partial charge in [0, 0.05) is 76.2 Å². The number of aromatic nitrogens is 12. The third-order valence-electron chi connectivity index (χ3n) is 9.60. The number of ether oxygens (including phenoxy) is 1. The second-order valence-corrected chi connectivity index (χ2v) is 15.8. The lowest BCUT2D eigenvalue weighted by Crippen LogP contribution is -2.35. The Labute approximate surface area is 369 Å². The molecule has 0 atom stereocenters. The molecule has 8 heterocycles. The van der Waals surface area contributed by atoms with Crippen LogP contribution in [-0.2, 0) is 18.8 Å². The zero-order valence-electron chi connectivity index (χ0n) is 36.8. The number of nitrogens with zero attached hydrogens (tertiary/aromatic N) is 13. The molecule has 0 unspecified atom stereocenters. The van der Waals surface area contributed by atoms with Crippen LogP contribution >= 0.6 is 0 Å². The van der Waals surface area contributed by atoms with Gasteiger partial charge in [0.05, 0.1) is 47.5 Å². The number of hydrogen-bond donors (Lipinski definition) is 5. The molecule has 65 heavy (non-hydrogen) atoms. The van der Waals surface area contributed by atoms with Crippen molar-refractivity contribution in [2.45, 2.75) is 40.2 Å². The zero-order chi connectivity index (χ0) is 47.1. The van der Waals surface area contributed by atoms with E-state index >= 15 is 0 Å². The van der Waals surface area contributed by atoms with Crippen LogP contribution in [0, 0.1) is 13.8 Å². The van der Waals surface area contributed by atoms with Gasteiger partial charge in [0.2, 0.25) is 0 Å². The monoisotopic (exact) mass is 886 g/mol. The van der Waals surface area contributed by atoms with Crippen molar-refractivity contribution in [3.63, 3.8) is 0 Å². The van der Waals surface area contributed by atoms with Gasteiger partial charge in [-0.2, -0.15) is 29.4 Å². The first-order valence-corrected chi connectivity index (χ1v) is 19.7. The maximum atomic E-state index is 12.8. The highest BCUT2D eigenvalue weighted by Gasteiger charge is 2.25. The average Bonchev–Trinajstić information content (AvgIpc) is 4.06. The quantitative estimate of drug-likeness (QED) is 0.132. The van der Waals surface area contributed by atoms with Crippen LogP contribution in [0.1, 0.15) is 52.6 Å². The van der Waals surface area contributed by atoms with Crippen LogP contribution in [0.25, 0.3) is 22.7 Å². The summed E-state index contributed by atoms with van der Waals surface area (Å²) >= 11 is 0. The van der Waals surface area contributed by atoms with Gasteiger partial charge >= 0.3 is 6.09 Å². The van der Waals surface area contributed by atoms with Crippen molar-refractivity contribution in [1.82, 2.24) is 57.9 Å². The largest absolute Gasteiger partial charge is 0.443 e. The van der Waals surface area contributed by atoms with E-state index in [1.54, 1.807) is 127 Å². The number of anilines is 6. The van der Waals surface area contributed by atoms with Crippen molar-refractivity contribution in [2.75, 3.05) is 34.9 Å². The number of nitrogens with one attached hydrogen (secondary N) is 3. The number of primary amides is 2. The molecule has 0 saturated carbocycles. The molecule has 24 nitrogen and oxygen atoms in total. The molecule has 0 saturated heterocycles. The summed E-state index contributed by atoms with van der Waals surface area (Å²) in [5, 5.41) is 25.9. The molecule has 8 rings (SSSR count). The first kappa shape index (κ1) is 44.2. The molecule has 3 amide bonds. The molecule has 0 bridgehead atoms. The number of amides is 3. The third kappa shape index (κ3) is 9.20. The fraction of sp³-hybridized carbons (Fsp3) is 0.244. The smallest absolute Gasteiger partial charge is 0.415 e. The Morgan fingerprint density at radius 1 is 0.677 bits per heavy atom. The molecular weight excluding hydrogens is 841 g/mol.